The highest BCUT2D eigenvalue weighted by Gasteiger charge is 2.62. The smallest absolute Gasteiger partial charge is 0.156 e. The van der Waals surface area contributed by atoms with Crippen molar-refractivity contribution in [2.24, 2.45) is 28.6 Å². The molecule has 3 fully saturated rings. The van der Waals surface area contributed by atoms with Gasteiger partial charge in [0.25, 0.3) is 0 Å². The van der Waals surface area contributed by atoms with Crippen LogP contribution in [0, 0.1) is 40.4 Å². The topological polar surface area (TPSA) is 37.3 Å². The summed E-state index contributed by atoms with van der Waals surface area (Å²) in [6.45, 7) is 11.2. The zero-order valence-electron chi connectivity index (χ0n) is 24.2. The van der Waals surface area contributed by atoms with Crippen molar-refractivity contribution in [3.63, 3.8) is 0 Å². The van der Waals surface area contributed by atoms with Crippen molar-refractivity contribution in [2.45, 2.75) is 116 Å². The van der Waals surface area contributed by atoms with Gasteiger partial charge in [-0.2, -0.15) is 0 Å². The molecule has 202 valence electrons. The number of aliphatic hydroxyl groups is 1. The van der Waals surface area contributed by atoms with E-state index in [9.17, 15) is 9.90 Å². The van der Waals surface area contributed by atoms with Gasteiger partial charge < -0.3 is 5.11 Å². The van der Waals surface area contributed by atoms with E-state index < -0.39 is 5.60 Å². The Morgan fingerprint density at radius 3 is 2.37 bits per heavy atom. The zero-order chi connectivity index (χ0) is 26.9. The Bertz CT molecular complexity index is 1240. The molecule has 38 heavy (non-hydrogen) atoms. The molecule has 0 spiro atoms. The molecule has 1 aromatic rings. The van der Waals surface area contributed by atoms with Crippen molar-refractivity contribution >= 4 is 5.78 Å². The molecule has 2 nitrogen and oxygen atoms in total. The van der Waals surface area contributed by atoms with Crippen molar-refractivity contribution in [2.75, 3.05) is 0 Å². The Morgan fingerprint density at radius 1 is 0.947 bits per heavy atom. The van der Waals surface area contributed by atoms with Crippen LogP contribution in [0.3, 0.4) is 0 Å². The van der Waals surface area contributed by atoms with Gasteiger partial charge in [-0.15, -0.1) is 0 Å². The van der Waals surface area contributed by atoms with Crippen LogP contribution >= 0.6 is 0 Å². The summed E-state index contributed by atoms with van der Waals surface area (Å²) in [5.74, 6) is 9.82. The first-order valence-corrected chi connectivity index (χ1v) is 15.3. The molecule has 5 aliphatic carbocycles. The van der Waals surface area contributed by atoms with Crippen LogP contribution in [0.15, 0.2) is 47.1 Å². The number of ketones is 1. The van der Waals surface area contributed by atoms with Crippen molar-refractivity contribution in [3.05, 3.63) is 58.2 Å². The van der Waals surface area contributed by atoms with Gasteiger partial charge in [-0.25, -0.2) is 0 Å². The summed E-state index contributed by atoms with van der Waals surface area (Å²) >= 11 is 0. The van der Waals surface area contributed by atoms with Crippen LogP contribution in [-0.4, -0.2) is 16.5 Å². The van der Waals surface area contributed by atoms with Gasteiger partial charge in [0.05, 0.1) is 0 Å². The second kappa shape index (κ2) is 9.23. The molecule has 0 saturated heterocycles. The average molecular weight is 511 g/mol. The van der Waals surface area contributed by atoms with Crippen LogP contribution in [0.1, 0.15) is 122 Å². The Kier molecular flexibility index (Phi) is 6.35. The molecule has 0 aliphatic heterocycles. The SMILES string of the molecule is C[C@H]1CCCC1c1ccc([C@H]2C[C@@]3(C)[C@@H](CC[C@@]3(O)C#CC(C)(C)C)[C@@H]3CCC4=CC(=O)CCC4=C32)cc1. The number of carbonyl (C=O) groups is 1. The minimum Gasteiger partial charge on any atom is -0.377 e. The standard InChI is InChI=1S/C36H46O2/c1-23-7-6-8-28(23)24-9-11-25(12-10-24)31-22-35(5)32(17-18-36(35,38)20-19-34(2,3)4)30-15-13-26-21-27(37)14-16-29(26)33(30)31/h9-12,21,23,28,30-32,38H,6-8,13-18,22H2,1-5H3/t23-,28?,30-,31+,32-,35-,36+/m0/s1. The van der Waals surface area contributed by atoms with E-state index in [1.54, 1.807) is 5.57 Å². The summed E-state index contributed by atoms with van der Waals surface area (Å²) < 4.78 is 0. The summed E-state index contributed by atoms with van der Waals surface area (Å²) in [5.41, 5.74) is 5.96. The minimum absolute atomic E-state index is 0.127. The Hall–Kier alpha value is -2.11. The summed E-state index contributed by atoms with van der Waals surface area (Å²) in [4.78, 5) is 12.3. The lowest BCUT2D eigenvalue weighted by Crippen LogP contribution is -2.51. The molecule has 2 heteroatoms. The lowest BCUT2D eigenvalue weighted by atomic mass is 9.51. The molecule has 0 radical (unpaired) electrons. The van der Waals surface area contributed by atoms with Gasteiger partial charge in [0.1, 0.15) is 5.60 Å². The van der Waals surface area contributed by atoms with Crippen LogP contribution in [0.25, 0.3) is 0 Å². The van der Waals surface area contributed by atoms with Crippen molar-refractivity contribution in [1.82, 2.24) is 0 Å². The fourth-order valence-electron chi connectivity index (χ4n) is 9.08. The molecule has 3 saturated carbocycles. The maximum absolute atomic E-state index is 12.3. The highest BCUT2D eigenvalue weighted by Crippen LogP contribution is 2.66. The Balaban J connectivity index is 1.45. The molecule has 0 amide bonds. The molecule has 0 aromatic heterocycles. The van der Waals surface area contributed by atoms with Crippen molar-refractivity contribution in [1.29, 1.82) is 0 Å². The number of allylic oxidation sites excluding steroid dienone is 4. The Labute approximate surface area is 230 Å². The molecule has 1 aromatic carbocycles. The minimum atomic E-state index is -0.947. The van der Waals surface area contributed by atoms with Crippen molar-refractivity contribution in [3.8, 4) is 11.8 Å². The van der Waals surface area contributed by atoms with E-state index >= 15 is 0 Å². The van der Waals surface area contributed by atoms with E-state index in [-0.39, 0.29) is 16.7 Å². The predicted octanol–water partition coefficient (Wildman–Crippen LogP) is 8.27. The maximum atomic E-state index is 12.3. The lowest BCUT2D eigenvalue weighted by Gasteiger charge is -2.53. The summed E-state index contributed by atoms with van der Waals surface area (Å²) in [7, 11) is 0. The van der Waals surface area contributed by atoms with Crippen molar-refractivity contribution < 1.29 is 9.90 Å². The predicted molar refractivity (Wildman–Crippen MR) is 155 cm³/mol. The molecule has 1 unspecified atom stereocenters. The number of hydrogen-bond donors (Lipinski definition) is 1. The summed E-state index contributed by atoms with van der Waals surface area (Å²) in [5, 5.41) is 12.2. The van der Waals surface area contributed by atoms with E-state index in [0.29, 0.717) is 30.0 Å². The van der Waals surface area contributed by atoms with Gasteiger partial charge in [-0.05, 0) is 118 Å². The van der Waals surface area contributed by atoms with Gasteiger partial charge in [0.15, 0.2) is 5.78 Å². The van der Waals surface area contributed by atoms with Crippen LogP contribution < -0.4 is 0 Å². The quantitative estimate of drug-likeness (QED) is 0.407. The molecular weight excluding hydrogens is 464 g/mol. The normalized spacial score (nSPS) is 38.6. The third-order valence-corrected chi connectivity index (χ3v) is 11.2. The molecule has 1 N–H and O–H groups in total. The summed E-state index contributed by atoms with van der Waals surface area (Å²) in [6, 6.07) is 9.61. The number of rotatable bonds is 2. The Morgan fingerprint density at radius 2 is 1.68 bits per heavy atom. The van der Waals surface area contributed by atoms with Gasteiger partial charge in [0.2, 0.25) is 0 Å². The second-order valence-electron chi connectivity index (χ2n) is 14.6. The first-order valence-electron chi connectivity index (χ1n) is 15.3. The van der Waals surface area contributed by atoms with Crippen LogP contribution in [-0.2, 0) is 4.79 Å². The highest BCUT2D eigenvalue weighted by atomic mass is 16.3. The van der Waals surface area contributed by atoms with Gasteiger partial charge >= 0.3 is 0 Å². The maximum Gasteiger partial charge on any atom is 0.156 e. The van der Waals surface area contributed by atoms with Crippen LogP contribution in [0.5, 0.6) is 0 Å². The monoisotopic (exact) mass is 510 g/mol. The largest absolute Gasteiger partial charge is 0.377 e. The van der Waals surface area contributed by atoms with Crippen LogP contribution in [0.2, 0.25) is 0 Å². The number of benzene rings is 1. The lowest BCUT2D eigenvalue weighted by molar-refractivity contribution is -0.114. The average Bonchev–Trinajstić information content (AvgIpc) is 3.42. The second-order valence-corrected chi connectivity index (χ2v) is 14.6. The molecular formula is C36H46O2. The van der Waals surface area contributed by atoms with Gasteiger partial charge in [0, 0.05) is 23.2 Å². The van der Waals surface area contributed by atoms with E-state index in [4.69, 9.17) is 0 Å². The summed E-state index contributed by atoms with van der Waals surface area (Å²) in [6.07, 6.45) is 12.3. The fraction of sp³-hybridized carbons (Fsp3) is 0.639. The molecule has 5 aliphatic rings. The van der Waals surface area contributed by atoms with Gasteiger partial charge in [-0.1, -0.05) is 68.4 Å². The van der Waals surface area contributed by atoms with E-state index in [0.717, 1.165) is 44.4 Å². The molecule has 0 heterocycles. The van der Waals surface area contributed by atoms with Gasteiger partial charge in [-0.3, -0.25) is 4.79 Å². The fourth-order valence-corrected chi connectivity index (χ4v) is 9.08. The first kappa shape index (κ1) is 26.1. The third-order valence-electron chi connectivity index (χ3n) is 11.2. The molecule has 0 bridgehead atoms. The molecule has 7 atom stereocenters. The number of carbonyl (C=O) groups excluding carboxylic acids is 1. The molecule has 6 rings (SSSR count). The number of fused-ring (bicyclic) bond motifs is 4. The van der Waals surface area contributed by atoms with E-state index in [1.807, 2.05) is 6.08 Å². The van der Waals surface area contributed by atoms with E-state index in [2.05, 4.69) is 70.7 Å². The first-order chi connectivity index (χ1) is 18.0. The zero-order valence-corrected chi connectivity index (χ0v) is 24.2. The third kappa shape index (κ3) is 4.25. The number of hydrogen-bond acceptors (Lipinski definition) is 2. The highest BCUT2D eigenvalue weighted by molar-refractivity contribution is 5.93. The van der Waals surface area contributed by atoms with Crippen LogP contribution in [0.4, 0.5) is 0 Å². The van der Waals surface area contributed by atoms with E-state index in [1.165, 1.54) is 41.5 Å².